The summed E-state index contributed by atoms with van der Waals surface area (Å²) in [7, 11) is 0. The predicted molar refractivity (Wildman–Crippen MR) is 59.7 cm³/mol. The van der Waals surface area contributed by atoms with Crippen LogP contribution in [0.2, 0.25) is 0 Å². The van der Waals surface area contributed by atoms with Crippen molar-refractivity contribution in [2.24, 2.45) is 5.73 Å². The predicted octanol–water partition coefficient (Wildman–Crippen LogP) is 1.62. The van der Waals surface area contributed by atoms with E-state index in [9.17, 15) is 0 Å². The molecule has 0 unspecified atom stereocenters. The summed E-state index contributed by atoms with van der Waals surface area (Å²) in [6, 6.07) is 2.05. The minimum Gasteiger partial charge on any atom is -0.326 e. The molecule has 0 saturated carbocycles. The van der Waals surface area contributed by atoms with E-state index in [2.05, 4.69) is 23.9 Å². The first-order chi connectivity index (χ1) is 7.11. The molecule has 0 atom stereocenters. The molecule has 0 fully saturated rings. The van der Waals surface area contributed by atoms with Crippen molar-refractivity contribution < 1.29 is 0 Å². The Bertz CT molecular complexity index is 485. The lowest BCUT2D eigenvalue weighted by Gasteiger charge is -2.07. The van der Waals surface area contributed by atoms with E-state index in [1.54, 1.807) is 0 Å². The van der Waals surface area contributed by atoms with E-state index >= 15 is 0 Å². The highest BCUT2D eigenvalue weighted by Gasteiger charge is 2.09. The first-order valence-corrected chi connectivity index (χ1v) is 5.17. The van der Waals surface area contributed by atoms with Crippen molar-refractivity contribution in [1.82, 2.24) is 14.6 Å². The highest BCUT2D eigenvalue weighted by Crippen LogP contribution is 2.16. The van der Waals surface area contributed by atoms with Gasteiger partial charge < -0.3 is 5.73 Å². The molecule has 0 aliphatic carbocycles. The SMILES string of the molecule is Cc1cn2nc(C(C)C)cc(CN)c2n1. The molecule has 15 heavy (non-hydrogen) atoms. The molecule has 2 aromatic heterocycles. The number of nitrogens with two attached hydrogens (primary N) is 1. The van der Waals surface area contributed by atoms with Gasteiger partial charge in [0.2, 0.25) is 0 Å². The maximum Gasteiger partial charge on any atom is 0.158 e. The molecule has 2 N–H and O–H groups in total. The van der Waals surface area contributed by atoms with Crippen LogP contribution in [0.4, 0.5) is 0 Å². The summed E-state index contributed by atoms with van der Waals surface area (Å²) in [4.78, 5) is 4.40. The van der Waals surface area contributed by atoms with Crippen molar-refractivity contribution in [2.75, 3.05) is 0 Å². The smallest absolute Gasteiger partial charge is 0.158 e. The van der Waals surface area contributed by atoms with E-state index < -0.39 is 0 Å². The van der Waals surface area contributed by atoms with E-state index in [1.165, 1.54) is 0 Å². The van der Waals surface area contributed by atoms with Gasteiger partial charge in [-0.3, -0.25) is 0 Å². The average Bonchev–Trinajstić information content (AvgIpc) is 2.56. The van der Waals surface area contributed by atoms with Crippen LogP contribution in [0.3, 0.4) is 0 Å². The third kappa shape index (κ3) is 1.72. The Labute approximate surface area is 89.1 Å². The number of aryl methyl sites for hydroxylation is 1. The molecule has 2 heterocycles. The third-order valence-electron chi connectivity index (χ3n) is 2.45. The van der Waals surface area contributed by atoms with Gasteiger partial charge in [0.1, 0.15) is 0 Å². The number of imidazole rings is 1. The van der Waals surface area contributed by atoms with Crippen LogP contribution in [0.25, 0.3) is 5.65 Å². The van der Waals surface area contributed by atoms with E-state index in [-0.39, 0.29) is 0 Å². The lowest BCUT2D eigenvalue weighted by atomic mass is 10.1. The van der Waals surface area contributed by atoms with Gasteiger partial charge >= 0.3 is 0 Å². The van der Waals surface area contributed by atoms with Crippen molar-refractivity contribution in [1.29, 1.82) is 0 Å². The quantitative estimate of drug-likeness (QED) is 0.808. The summed E-state index contributed by atoms with van der Waals surface area (Å²) >= 11 is 0. The van der Waals surface area contributed by atoms with Gasteiger partial charge in [0.05, 0.1) is 17.6 Å². The number of nitrogens with zero attached hydrogens (tertiary/aromatic N) is 3. The lowest BCUT2D eigenvalue weighted by Crippen LogP contribution is -2.06. The lowest BCUT2D eigenvalue weighted by molar-refractivity contribution is 0.755. The molecule has 2 aromatic rings. The van der Waals surface area contributed by atoms with Crippen molar-refractivity contribution in [2.45, 2.75) is 33.2 Å². The fourth-order valence-corrected chi connectivity index (χ4v) is 1.61. The maximum absolute atomic E-state index is 5.71. The molecule has 0 bridgehead atoms. The van der Waals surface area contributed by atoms with E-state index in [1.807, 2.05) is 23.7 Å². The number of rotatable bonds is 2. The molecular weight excluding hydrogens is 188 g/mol. The summed E-state index contributed by atoms with van der Waals surface area (Å²) < 4.78 is 1.83. The van der Waals surface area contributed by atoms with E-state index in [0.29, 0.717) is 12.5 Å². The van der Waals surface area contributed by atoms with Crippen molar-refractivity contribution in [3.63, 3.8) is 0 Å². The van der Waals surface area contributed by atoms with Crippen LogP contribution in [0.5, 0.6) is 0 Å². The molecule has 80 valence electrons. The topological polar surface area (TPSA) is 56.2 Å². The van der Waals surface area contributed by atoms with E-state index in [4.69, 9.17) is 5.73 Å². The summed E-state index contributed by atoms with van der Waals surface area (Å²) in [6.07, 6.45) is 1.93. The minimum absolute atomic E-state index is 0.405. The highest BCUT2D eigenvalue weighted by molar-refractivity contribution is 5.48. The normalized spacial score (nSPS) is 11.5. The standard InChI is InChI=1S/C11H16N4/c1-7(2)10-4-9(5-12)11-13-8(3)6-15(11)14-10/h4,6-7H,5,12H2,1-3H3. The zero-order valence-corrected chi connectivity index (χ0v) is 9.36. The van der Waals surface area contributed by atoms with Crippen LogP contribution >= 0.6 is 0 Å². The zero-order valence-electron chi connectivity index (χ0n) is 9.36. The van der Waals surface area contributed by atoms with Crippen LogP contribution in [-0.2, 0) is 6.54 Å². The Morgan fingerprint density at radius 1 is 1.47 bits per heavy atom. The largest absolute Gasteiger partial charge is 0.326 e. The van der Waals surface area contributed by atoms with Gasteiger partial charge in [-0.1, -0.05) is 13.8 Å². The molecule has 0 aromatic carbocycles. The fourth-order valence-electron chi connectivity index (χ4n) is 1.61. The van der Waals surface area contributed by atoms with Crippen LogP contribution < -0.4 is 5.73 Å². The molecule has 4 heteroatoms. The average molecular weight is 204 g/mol. The van der Waals surface area contributed by atoms with Crippen LogP contribution in [-0.4, -0.2) is 14.6 Å². The van der Waals surface area contributed by atoms with Crippen molar-refractivity contribution in [3.05, 3.63) is 29.2 Å². The second kappa shape index (κ2) is 3.62. The second-order valence-corrected chi connectivity index (χ2v) is 4.10. The number of hydrogen-bond acceptors (Lipinski definition) is 3. The Balaban J connectivity index is 2.70. The monoisotopic (exact) mass is 204 g/mol. The summed E-state index contributed by atoms with van der Waals surface area (Å²) in [6.45, 7) is 6.71. The Hall–Kier alpha value is -1.42. The summed E-state index contributed by atoms with van der Waals surface area (Å²) in [5, 5.41) is 4.50. The number of fused-ring (bicyclic) bond motifs is 1. The van der Waals surface area contributed by atoms with Gasteiger partial charge in [0, 0.05) is 12.1 Å². The fraction of sp³-hybridized carbons (Fsp3) is 0.455. The highest BCUT2D eigenvalue weighted by atomic mass is 15.3. The molecule has 2 rings (SSSR count). The van der Waals surface area contributed by atoms with Gasteiger partial charge in [-0.2, -0.15) is 5.10 Å². The van der Waals surface area contributed by atoms with Gasteiger partial charge in [0.25, 0.3) is 0 Å². The maximum atomic E-state index is 5.71. The molecular formula is C11H16N4. The first kappa shape index (κ1) is 10.1. The third-order valence-corrected chi connectivity index (χ3v) is 2.45. The van der Waals surface area contributed by atoms with E-state index in [0.717, 1.165) is 22.6 Å². The van der Waals surface area contributed by atoms with Crippen LogP contribution in [0, 0.1) is 6.92 Å². The minimum atomic E-state index is 0.405. The van der Waals surface area contributed by atoms with Crippen molar-refractivity contribution >= 4 is 5.65 Å². The Morgan fingerprint density at radius 2 is 2.20 bits per heavy atom. The van der Waals surface area contributed by atoms with Gasteiger partial charge in [0.15, 0.2) is 5.65 Å². The summed E-state index contributed by atoms with van der Waals surface area (Å²) in [5.74, 6) is 0.405. The molecule has 0 aliphatic rings. The van der Waals surface area contributed by atoms with Crippen LogP contribution in [0.15, 0.2) is 12.3 Å². The van der Waals surface area contributed by atoms with Crippen LogP contribution in [0.1, 0.15) is 36.7 Å². The molecule has 0 amide bonds. The van der Waals surface area contributed by atoms with Gasteiger partial charge in [-0.15, -0.1) is 0 Å². The zero-order chi connectivity index (χ0) is 11.0. The van der Waals surface area contributed by atoms with Gasteiger partial charge in [-0.05, 0) is 18.9 Å². The first-order valence-electron chi connectivity index (χ1n) is 5.17. The molecule has 0 spiro atoms. The molecule has 4 nitrogen and oxygen atoms in total. The van der Waals surface area contributed by atoms with Crippen molar-refractivity contribution in [3.8, 4) is 0 Å². The van der Waals surface area contributed by atoms with Gasteiger partial charge in [-0.25, -0.2) is 9.50 Å². The Morgan fingerprint density at radius 3 is 2.80 bits per heavy atom. The second-order valence-electron chi connectivity index (χ2n) is 4.10. The Kier molecular flexibility index (Phi) is 2.44. The number of hydrogen-bond donors (Lipinski definition) is 1. The molecule has 0 radical (unpaired) electrons. The molecule has 0 aliphatic heterocycles. The number of aromatic nitrogens is 3. The molecule has 0 saturated heterocycles. The summed E-state index contributed by atoms with van der Waals surface area (Å²) in [5.41, 5.74) is 9.67.